The summed E-state index contributed by atoms with van der Waals surface area (Å²) in [4.78, 5) is 5.30. The molecule has 0 bridgehead atoms. The number of methoxy groups -OCH3 is 1. The number of ether oxygens (including phenoxy) is 2. The number of benzene rings is 2. The second-order valence-corrected chi connectivity index (χ2v) is 8.74. The van der Waals surface area contributed by atoms with Crippen LogP contribution in [0.3, 0.4) is 0 Å². The Labute approximate surface area is 174 Å². The van der Waals surface area contributed by atoms with E-state index in [0.717, 1.165) is 44.8 Å². The Morgan fingerprint density at radius 3 is 2.52 bits per heavy atom. The fourth-order valence-corrected chi connectivity index (χ4v) is 5.64. The molecule has 3 heterocycles. The minimum Gasteiger partial charge on any atom is -0.496 e. The number of piperidine rings is 2. The van der Waals surface area contributed by atoms with E-state index in [1.807, 2.05) is 6.07 Å². The topological polar surface area (TPSA) is 24.9 Å². The zero-order chi connectivity index (χ0) is 19.7. The van der Waals surface area contributed by atoms with Crippen molar-refractivity contribution >= 4 is 0 Å². The molecule has 154 valence electrons. The molecule has 3 saturated heterocycles. The lowest BCUT2D eigenvalue weighted by Crippen LogP contribution is -2.55. The maximum atomic E-state index is 6.98. The summed E-state index contributed by atoms with van der Waals surface area (Å²) in [6, 6.07) is 19.7. The first kappa shape index (κ1) is 19.1. The minimum absolute atomic E-state index is 0.107. The maximum absolute atomic E-state index is 6.98. The van der Waals surface area contributed by atoms with Crippen LogP contribution in [0, 0.1) is 0 Å². The van der Waals surface area contributed by atoms with Gasteiger partial charge in [0.05, 0.1) is 7.11 Å². The number of rotatable bonds is 4. The van der Waals surface area contributed by atoms with Crippen LogP contribution in [0.5, 0.6) is 5.75 Å². The molecule has 5 rings (SSSR count). The molecule has 3 fully saturated rings. The summed E-state index contributed by atoms with van der Waals surface area (Å²) in [7, 11) is 1.77. The van der Waals surface area contributed by atoms with Crippen molar-refractivity contribution < 1.29 is 9.47 Å². The van der Waals surface area contributed by atoms with E-state index < -0.39 is 0 Å². The first-order valence-electron chi connectivity index (χ1n) is 11.1. The molecular formula is C25H32N2O2. The Morgan fingerprint density at radius 2 is 1.72 bits per heavy atom. The van der Waals surface area contributed by atoms with Gasteiger partial charge in [-0.05, 0) is 24.5 Å². The van der Waals surface area contributed by atoms with E-state index in [1.54, 1.807) is 7.11 Å². The second-order valence-electron chi connectivity index (χ2n) is 8.74. The van der Waals surface area contributed by atoms with Crippen LogP contribution in [0.15, 0.2) is 54.6 Å². The highest BCUT2D eigenvalue weighted by Crippen LogP contribution is 2.50. The largest absolute Gasteiger partial charge is 0.496 e. The van der Waals surface area contributed by atoms with Crippen molar-refractivity contribution in [2.75, 3.05) is 26.7 Å². The van der Waals surface area contributed by atoms with Crippen molar-refractivity contribution in [3.63, 3.8) is 0 Å². The highest BCUT2D eigenvalue weighted by molar-refractivity contribution is 5.37. The van der Waals surface area contributed by atoms with Gasteiger partial charge in [0.2, 0.25) is 0 Å². The molecule has 2 aromatic carbocycles. The van der Waals surface area contributed by atoms with Gasteiger partial charge in [-0.15, -0.1) is 0 Å². The molecule has 3 aliphatic rings. The molecule has 3 aliphatic heterocycles. The monoisotopic (exact) mass is 392 g/mol. The molecule has 0 saturated carbocycles. The lowest BCUT2D eigenvalue weighted by Gasteiger charge is -2.46. The van der Waals surface area contributed by atoms with E-state index in [0.29, 0.717) is 6.04 Å². The third-order valence-electron chi connectivity index (χ3n) is 7.10. The van der Waals surface area contributed by atoms with Crippen molar-refractivity contribution in [1.29, 1.82) is 0 Å². The van der Waals surface area contributed by atoms with Crippen molar-refractivity contribution in [2.45, 2.75) is 56.5 Å². The summed E-state index contributed by atoms with van der Waals surface area (Å²) in [6.07, 6.45) is 6.09. The smallest absolute Gasteiger partial charge is 0.125 e. The second kappa shape index (κ2) is 8.10. The highest BCUT2D eigenvalue weighted by Gasteiger charge is 2.54. The third-order valence-corrected chi connectivity index (χ3v) is 7.10. The summed E-state index contributed by atoms with van der Waals surface area (Å²) >= 11 is 0. The Hall–Kier alpha value is -1.88. The number of nitrogens with zero attached hydrogens (tertiary/aromatic N) is 2. The van der Waals surface area contributed by atoms with Gasteiger partial charge < -0.3 is 9.47 Å². The first-order valence-corrected chi connectivity index (χ1v) is 11.1. The van der Waals surface area contributed by atoms with Crippen LogP contribution in [0.2, 0.25) is 0 Å². The molecule has 1 spiro atoms. The number of hydrogen-bond donors (Lipinski definition) is 0. The van der Waals surface area contributed by atoms with Gasteiger partial charge in [-0.1, -0.05) is 55.0 Å². The van der Waals surface area contributed by atoms with Crippen LogP contribution in [-0.2, 0) is 11.3 Å². The molecule has 4 heteroatoms. The van der Waals surface area contributed by atoms with E-state index in [4.69, 9.17) is 9.47 Å². The van der Waals surface area contributed by atoms with Gasteiger partial charge in [0, 0.05) is 50.6 Å². The van der Waals surface area contributed by atoms with Crippen LogP contribution in [-0.4, -0.2) is 48.3 Å². The zero-order valence-corrected chi connectivity index (χ0v) is 17.4. The number of likely N-dealkylation sites (tertiary alicyclic amines) is 1. The zero-order valence-electron chi connectivity index (χ0n) is 17.4. The highest BCUT2D eigenvalue weighted by atomic mass is 16.5. The predicted molar refractivity (Wildman–Crippen MR) is 115 cm³/mol. The van der Waals surface area contributed by atoms with Crippen LogP contribution in [0.4, 0.5) is 0 Å². The maximum Gasteiger partial charge on any atom is 0.125 e. The van der Waals surface area contributed by atoms with E-state index >= 15 is 0 Å². The van der Waals surface area contributed by atoms with Gasteiger partial charge in [0.15, 0.2) is 0 Å². The fraction of sp³-hybridized carbons (Fsp3) is 0.520. The summed E-state index contributed by atoms with van der Waals surface area (Å²) in [5.41, 5.74) is 2.51. The van der Waals surface area contributed by atoms with Gasteiger partial charge in [0.1, 0.15) is 17.6 Å². The summed E-state index contributed by atoms with van der Waals surface area (Å²) in [5.74, 6) is 0.960. The van der Waals surface area contributed by atoms with Crippen LogP contribution >= 0.6 is 0 Å². The van der Waals surface area contributed by atoms with Gasteiger partial charge in [0.25, 0.3) is 0 Å². The Bertz CT molecular complexity index is 817. The summed E-state index contributed by atoms with van der Waals surface area (Å²) in [6.45, 7) is 4.39. The lowest BCUT2D eigenvalue weighted by molar-refractivity contribution is -0.141. The quantitative estimate of drug-likeness (QED) is 0.758. The van der Waals surface area contributed by atoms with E-state index in [2.05, 4.69) is 58.3 Å². The van der Waals surface area contributed by atoms with Gasteiger partial charge in [-0.25, -0.2) is 0 Å². The van der Waals surface area contributed by atoms with Crippen LogP contribution < -0.4 is 4.74 Å². The average molecular weight is 393 g/mol. The van der Waals surface area contributed by atoms with Crippen molar-refractivity contribution in [1.82, 2.24) is 9.80 Å². The SMILES string of the molecule is COc1ccccc1C1OC2(CCN(Cc3ccccc3)CC2)N2CCCCC12. The minimum atomic E-state index is -0.107. The van der Waals surface area contributed by atoms with E-state index in [1.165, 1.54) is 30.4 Å². The molecule has 2 unspecified atom stereocenters. The van der Waals surface area contributed by atoms with Crippen LogP contribution in [0.1, 0.15) is 49.3 Å². The van der Waals surface area contributed by atoms with Crippen molar-refractivity contribution in [2.24, 2.45) is 0 Å². The number of fused-ring (bicyclic) bond motifs is 2. The normalized spacial score (nSPS) is 27.1. The standard InChI is InChI=1S/C25H32N2O2/c1-28-23-13-6-5-11-21(23)24-22-12-7-8-16-27(22)25(29-24)14-17-26(18-15-25)19-20-9-3-2-4-10-20/h2-6,9-11,13,22,24H,7-8,12,14-19H2,1H3. The summed E-state index contributed by atoms with van der Waals surface area (Å²) in [5, 5.41) is 0. The Balaban J connectivity index is 1.35. The molecule has 0 aromatic heterocycles. The first-order chi connectivity index (χ1) is 14.3. The van der Waals surface area contributed by atoms with Gasteiger partial charge >= 0.3 is 0 Å². The van der Waals surface area contributed by atoms with Crippen molar-refractivity contribution in [3.05, 3.63) is 65.7 Å². The molecule has 0 aliphatic carbocycles. The molecule has 0 N–H and O–H groups in total. The predicted octanol–water partition coefficient (Wildman–Crippen LogP) is 4.61. The molecule has 2 aromatic rings. The molecule has 0 amide bonds. The van der Waals surface area contributed by atoms with E-state index in [9.17, 15) is 0 Å². The van der Waals surface area contributed by atoms with E-state index in [-0.39, 0.29) is 11.8 Å². The molecule has 0 radical (unpaired) electrons. The Kier molecular flexibility index (Phi) is 5.33. The summed E-state index contributed by atoms with van der Waals surface area (Å²) < 4.78 is 12.7. The lowest BCUT2D eigenvalue weighted by atomic mass is 9.91. The molecule has 4 nitrogen and oxygen atoms in total. The average Bonchev–Trinajstić information content (AvgIpc) is 3.10. The third kappa shape index (κ3) is 3.58. The molecular weight excluding hydrogens is 360 g/mol. The molecule has 29 heavy (non-hydrogen) atoms. The van der Waals surface area contributed by atoms with Gasteiger partial charge in [-0.2, -0.15) is 0 Å². The number of hydrogen-bond acceptors (Lipinski definition) is 4. The van der Waals surface area contributed by atoms with Crippen molar-refractivity contribution in [3.8, 4) is 5.75 Å². The Morgan fingerprint density at radius 1 is 0.966 bits per heavy atom. The fourth-order valence-electron chi connectivity index (χ4n) is 5.64. The number of para-hydroxylation sites is 1. The van der Waals surface area contributed by atoms with Crippen LogP contribution in [0.25, 0.3) is 0 Å². The van der Waals surface area contributed by atoms with Gasteiger partial charge in [-0.3, -0.25) is 9.80 Å². The molecule has 2 atom stereocenters.